The number of nitrogens with zero attached hydrogens (tertiary/aromatic N) is 2. The number of pyridine rings is 1. The number of carbonyl (C=O) groups is 1. The van der Waals surface area contributed by atoms with Crippen LogP contribution in [0.1, 0.15) is 5.56 Å². The number of amides is 1. The summed E-state index contributed by atoms with van der Waals surface area (Å²) in [6.45, 7) is 0.614. The first-order chi connectivity index (χ1) is 13.1. The lowest BCUT2D eigenvalue weighted by molar-refractivity contribution is 0.105. The van der Waals surface area contributed by atoms with E-state index >= 15 is 0 Å². The minimum Gasteiger partial charge on any atom is -0.489 e. The van der Waals surface area contributed by atoms with Crippen molar-refractivity contribution in [1.82, 2.24) is 4.98 Å². The number of nitrogens with two attached hydrogens (primary N) is 1. The molecular formula is C20H18N4O3. The summed E-state index contributed by atoms with van der Waals surface area (Å²) >= 11 is 0. The van der Waals surface area contributed by atoms with Crippen molar-refractivity contribution in [1.29, 1.82) is 5.41 Å². The van der Waals surface area contributed by atoms with Gasteiger partial charge in [-0.15, -0.1) is 0 Å². The van der Waals surface area contributed by atoms with Gasteiger partial charge in [0, 0.05) is 34.4 Å². The van der Waals surface area contributed by atoms with Crippen molar-refractivity contribution in [2.24, 2.45) is 5.73 Å². The van der Waals surface area contributed by atoms with Crippen LogP contribution in [0.2, 0.25) is 0 Å². The zero-order valence-corrected chi connectivity index (χ0v) is 14.5. The minimum absolute atomic E-state index is 0.0465. The van der Waals surface area contributed by atoms with E-state index in [2.05, 4.69) is 4.98 Å². The summed E-state index contributed by atoms with van der Waals surface area (Å²) in [5.41, 5.74) is 6.73. The molecule has 0 aliphatic carbocycles. The number of nitrogens with one attached hydrogen (secondary N) is 1. The van der Waals surface area contributed by atoms with Crippen LogP contribution in [0.5, 0.6) is 5.75 Å². The van der Waals surface area contributed by atoms with Crippen LogP contribution in [-0.2, 0) is 4.74 Å². The highest BCUT2D eigenvalue weighted by atomic mass is 16.6. The lowest BCUT2D eigenvalue weighted by Crippen LogP contribution is -2.27. The highest BCUT2D eigenvalue weighted by Crippen LogP contribution is 2.26. The molecule has 7 heteroatoms. The molecular weight excluding hydrogens is 344 g/mol. The van der Waals surface area contributed by atoms with Crippen molar-refractivity contribution in [2.75, 3.05) is 18.1 Å². The van der Waals surface area contributed by atoms with Crippen molar-refractivity contribution in [3.05, 3.63) is 66.5 Å². The Labute approximate surface area is 155 Å². The van der Waals surface area contributed by atoms with Crippen molar-refractivity contribution >= 4 is 28.4 Å². The molecule has 0 saturated carbocycles. The molecule has 1 fully saturated rings. The molecule has 0 bridgehead atoms. The molecule has 3 N–H and O–H groups in total. The first kappa shape index (κ1) is 16.8. The van der Waals surface area contributed by atoms with E-state index in [0.717, 1.165) is 16.5 Å². The van der Waals surface area contributed by atoms with Gasteiger partial charge in [-0.1, -0.05) is 24.3 Å². The summed E-state index contributed by atoms with van der Waals surface area (Å²) in [5.74, 6) is 0.678. The Balaban J connectivity index is 1.47. The molecule has 27 heavy (non-hydrogen) atoms. The van der Waals surface area contributed by atoms with Crippen LogP contribution < -0.4 is 15.4 Å². The van der Waals surface area contributed by atoms with E-state index in [4.69, 9.17) is 20.6 Å². The van der Waals surface area contributed by atoms with Gasteiger partial charge in [0.05, 0.1) is 6.54 Å². The second-order valence-electron chi connectivity index (χ2n) is 6.24. The molecule has 1 aliphatic rings. The summed E-state index contributed by atoms with van der Waals surface area (Å²) in [7, 11) is 0. The maximum absolute atomic E-state index is 12.2. The quantitative estimate of drug-likeness (QED) is 0.537. The SMILES string of the molecule is N=C(N)c1cccc(N2CC(COc3cccc4cnccc34)OC2=O)c1. The van der Waals surface area contributed by atoms with E-state index < -0.39 is 12.2 Å². The molecule has 4 rings (SSSR count). The normalized spacial score (nSPS) is 16.4. The summed E-state index contributed by atoms with van der Waals surface area (Å²) in [6, 6.07) is 14.6. The van der Waals surface area contributed by atoms with E-state index in [0.29, 0.717) is 17.8 Å². The molecule has 7 nitrogen and oxygen atoms in total. The molecule has 3 aromatic rings. The number of fused-ring (bicyclic) bond motifs is 1. The number of ether oxygens (including phenoxy) is 2. The molecule has 1 amide bonds. The molecule has 1 aromatic heterocycles. The second-order valence-corrected chi connectivity index (χ2v) is 6.24. The number of benzene rings is 2. The predicted octanol–water partition coefficient (Wildman–Crippen LogP) is 2.92. The van der Waals surface area contributed by atoms with Crippen LogP contribution in [0.25, 0.3) is 10.8 Å². The van der Waals surface area contributed by atoms with Gasteiger partial charge in [0.15, 0.2) is 6.10 Å². The smallest absolute Gasteiger partial charge is 0.414 e. The maximum Gasteiger partial charge on any atom is 0.414 e. The van der Waals surface area contributed by atoms with Crippen LogP contribution in [0, 0.1) is 5.41 Å². The van der Waals surface area contributed by atoms with E-state index in [1.165, 1.54) is 4.90 Å². The fourth-order valence-corrected chi connectivity index (χ4v) is 3.06. The van der Waals surface area contributed by atoms with Gasteiger partial charge in [-0.2, -0.15) is 0 Å². The topological polar surface area (TPSA) is 102 Å². The van der Waals surface area contributed by atoms with Crippen LogP contribution in [0.4, 0.5) is 10.5 Å². The highest BCUT2D eigenvalue weighted by Gasteiger charge is 2.33. The lowest BCUT2D eigenvalue weighted by atomic mass is 10.1. The molecule has 0 spiro atoms. The third-order valence-corrected chi connectivity index (χ3v) is 4.41. The average Bonchev–Trinajstić information content (AvgIpc) is 3.07. The van der Waals surface area contributed by atoms with Gasteiger partial charge >= 0.3 is 6.09 Å². The molecule has 2 aromatic carbocycles. The Morgan fingerprint density at radius 2 is 2.15 bits per heavy atom. The highest BCUT2D eigenvalue weighted by molar-refractivity contribution is 5.97. The van der Waals surface area contributed by atoms with Crippen molar-refractivity contribution in [3.8, 4) is 5.75 Å². The van der Waals surface area contributed by atoms with Crippen LogP contribution in [-0.4, -0.2) is 36.2 Å². The Morgan fingerprint density at radius 3 is 3.00 bits per heavy atom. The summed E-state index contributed by atoms with van der Waals surface area (Å²) in [5, 5.41) is 9.49. The summed E-state index contributed by atoms with van der Waals surface area (Å²) in [6.07, 6.45) is 2.66. The monoisotopic (exact) mass is 362 g/mol. The minimum atomic E-state index is -0.438. The average molecular weight is 362 g/mol. The Hall–Kier alpha value is -3.61. The maximum atomic E-state index is 12.2. The van der Waals surface area contributed by atoms with E-state index in [1.54, 1.807) is 36.7 Å². The number of hydrogen-bond acceptors (Lipinski definition) is 5. The number of anilines is 1. The third-order valence-electron chi connectivity index (χ3n) is 4.41. The molecule has 1 unspecified atom stereocenters. The van der Waals surface area contributed by atoms with E-state index in [9.17, 15) is 4.79 Å². The summed E-state index contributed by atoms with van der Waals surface area (Å²) < 4.78 is 11.3. The number of carbonyl (C=O) groups excluding carboxylic acids is 1. The number of hydrogen-bond donors (Lipinski definition) is 2. The number of aromatic nitrogens is 1. The Bertz CT molecular complexity index is 1020. The van der Waals surface area contributed by atoms with Crippen LogP contribution in [0.15, 0.2) is 60.9 Å². The van der Waals surface area contributed by atoms with Crippen LogP contribution >= 0.6 is 0 Å². The zero-order valence-electron chi connectivity index (χ0n) is 14.5. The Morgan fingerprint density at radius 1 is 1.30 bits per heavy atom. The number of rotatable bonds is 5. The lowest BCUT2D eigenvalue weighted by Gasteiger charge is -2.14. The predicted molar refractivity (Wildman–Crippen MR) is 102 cm³/mol. The van der Waals surface area contributed by atoms with Gasteiger partial charge in [-0.25, -0.2) is 4.79 Å². The zero-order chi connectivity index (χ0) is 18.8. The van der Waals surface area contributed by atoms with Crippen LogP contribution in [0.3, 0.4) is 0 Å². The number of amidine groups is 1. The molecule has 136 valence electrons. The molecule has 1 atom stereocenters. The largest absolute Gasteiger partial charge is 0.489 e. The molecule has 2 heterocycles. The first-order valence-electron chi connectivity index (χ1n) is 8.50. The van der Waals surface area contributed by atoms with E-state index in [1.807, 2.05) is 24.3 Å². The fourth-order valence-electron chi connectivity index (χ4n) is 3.06. The van der Waals surface area contributed by atoms with Crippen molar-refractivity contribution in [2.45, 2.75) is 6.10 Å². The van der Waals surface area contributed by atoms with Gasteiger partial charge < -0.3 is 15.2 Å². The summed E-state index contributed by atoms with van der Waals surface area (Å²) in [4.78, 5) is 17.9. The van der Waals surface area contributed by atoms with Gasteiger partial charge in [0.2, 0.25) is 0 Å². The van der Waals surface area contributed by atoms with E-state index in [-0.39, 0.29) is 12.4 Å². The van der Waals surface area contributed by atoms with Gasteiger partial charge in [0.1, 0.15) is 18.2 Å². The van der Waals surface area contributed by atoms with Crippen molar-refractivity contribution in [3.63, 3.8) is 0 Å². The molecule has 1 aliphatic heterocycles. The Kier molecular flexibility index (Phi) is 4.33. The first-order valence-corrected chi connectivity index (χ1v) is 8.50. The standard InChI is InChI=1S/C20H18N4O3/c21-19(22)13-3-1-5-15(9-13)24-11-16(27-20(24)25)12-26-18-6-2-4-14-10-23-8-7-17(14)18/h1-10,16H,11-12H2,(H3,21,22). The van der Waals surface area contributed by atoms with Gasteiger partial charge in [0.25, 0.3) is 0 Å². The second kappa shape index (κ2) is 6.95. The van der Waals surface area contributed by atoms with Gasteiger partial charge in [-0.05, 0) is 24.3 Å². The van der Waals surface area contributed by atoms with Gasteiger partial charge in [-0.3, -0.25) is 15.3 Å². The fraction of sp³-hybridized carbons (Fsp3) is 0.150. The number of nitrogen functional groups attached to an aromatic ring is 1. The molecule has 0 radical (unpaired) electrons. The number of cyclic esters (lactones) is 1. The third kappa shape index (κ3) is 3.39. The van der Waals surface area contributed by atoms with Crippen molar-refractivity contribution < 1.29 is 14.3 Å². The molecule has 1 saturated heterocycles.